The largest absolute Gasteiger partial charge is 0.416 e. The van der Waals surface area contributed by atoms with Gasteiger partial charge in [-0.25, -0.2) is 0 Å². The van der Waals surface area contributed by atoms with E-state index < -0.39 is 23.3 Å². The summed E-state index contributed by atoms with van der Waals surface area (Å²) in [7, 11) is 1.80. The summed E-state index contributed by atoms with van der Waals surface area (Å²) in [4.78, 5) is 15.7. The van der Waals surface area contributed by atoms with E-state index in [4.69, 9.17) is 0 Å². The summed E-state index contributed by atoms with van der Waals surface area (Å²) in [6.07, 6.45) is -0.869. The Kier molecular flexibility index (Phi) is 4.73. The highest BCUT2D eigenvalue weighted by Gasteiger charge is 2.53. The number of rotatable bonds is 3. The first-order chi connectivity index (χ1) is 15.7. The molecule has 2 unspecified atom stereocenters. The summed E-state index contributed by atoms with van der Waals surface area (Å²) < 4.78 is 42.5. The highest BCUT2D eigenvalue weighted by molar-refractivity contribution is 6.10. The second-order valence-electron chi connectivity index (χ2n) is 8.50. The molecular weight excluding hydrogens is 433 g/mol. The van der Waals surface area contributed by atoms with Gasteiger partial charge in [0.25, 0.3) is 5.91 Å². The van der Waals surface area contributed by atoms with Gasteiger partial charge >= 0.3 is 6.18 Å². The van der Waals surface area contributed by atoms with E-state index in [9.17, 15) is 18.0 Å². The molecule has 1 amide bonds. The zero-order valence-corrected chi connectivity index (χ0v) is 18.4. The number of amides is 1. The Hall–Kier alpha value is -3.43. The molecule has 0 bridgehead atoms. The number of aryl methyl sites for hydroxylation is 1. The molecule has 5 rings (SSSR count). The summed E-state index contributed by atoms with van der Waals surface area (Å²) in [5.74, 6) is -0.245. The number of carbonyl (C=O) groups is 1. The second-order valence-corrected chi connectivity index (χ2v) is 8.50. The summed E-state index contributed by atoms with van der Waals surface area (Å²) in [6, 6.07) is 5.25. The van der Waals surface area contributed by atoms with Crippen LogP contribution < -0.4 is 10.2 Å². The number of carbonyl (C=O) groups excluding carboxylic acids is 1. The van der Waals surface area contributed by atoms with E-state index in [0.717, 1.165) is 17.8 Å². The zero-order chi connectivity index (χ0) is 23.5. The van der Waals surface area contributed by atoms with Crippen LogP contribution in [-0.2, 0) is 23.4 Å². The second kappa shape index (κ2) is 7.29. The number of alkyl halides is 3. The van der Waals surface area contributed by atoms with E-state index in [2.05, 4.69) is 20.6 Å². The van der Waals surface area contributed by atoms with Crippen molar-refractivity contribution in [3.05, 3.63) is 70.3 Å². The Morgan fingerprint density at radius 2 is 2.09 bits per heavy atom. The quantitative estimate of drug-likeness (QED) is 0.746. The molecular formula is C23H23F3N6O. The van der Waals surface area contributed by atoms with Gasteiger partial charge in [-0.2, -0.15) is 28.5 Å². The molecule has 1 aromatic carbocycles. The van der Waals surface area contributed by atoms with E-state index in [-0.39, 0.29) is 5.91 Å². The van der Waals surface area contributed by atoms with Crippen LogP contribution in [0, 0.1) is 6.92 Å². The molecule has 2 atom stereocenters. The predicted molar refractivity (Wildman–Crippen MR) is 115 cm³/mol. The molecule has 0 saturated carbocycles. The maximum Gasteiger partial charge on any atom is 0.416 e. The number of fused-ring (bicyclic) bond motifs is 1. The zero-order valence-electron chi connectivity index (χ0n) is 18.4. The van der Waals surface area contributed by atoms with Crippen LogP contribution in [0.3, 0.4) is 0 Å². The van der Waals surface area contributed by atoms with Crippen LogP contribution in [0.15, 0.2) is 63.7 Å². The van der Waals surface area contributed by atoms with Crippen molar-refractivity contribution in [2.45, 2.75) is 44.4 Å². The molecule has 0 radical (unpaired) electrons. The van der Waals surface area contributed by atoms with E-state index in [1.807, 2.05) is 13.8 Å². The fourth-order valence-corrected chi connectivity index (χ4v) is 5.19. The minimum Gasteiger partial charge on any atom is -0.362 e. The molecule has 3 aliphatic rings. The Balaban J connectivity index is 1.72. The topological polar surface area (TPSA) is 74.9 Å². The lowest BCUT2D eigenvalue weighted by molar-refractivity contribution is -0.137. The van der Waals surface area contributed by atoms with Crippen molar-refractivity contribution >= 4 is 11.6 Å². The third-order valence-corrected chi connectivity index (χ3v) is 6.96. The Bertz CT molecular complexity index is 1240. The number of hydrogen-bond donors (Lipinski definition) is 1. The van der Waals surface area contributed by atoms with E-state index in [1.54, 1.807) is 35.1 Å². The molecule has 172 valence electrons. The van der Waals surface area contributed by atoms with Crippen LogP contribution in [0.5, 0.6) is 0 Å². The predicted octanol–water partition coefficient (Wildman–Crippen LogP) is 4.37. The standard InChI is InChI=1S/C23H23F3N6O/c1-4-22(14-6-5-7-15(10-14)23(24,25)26)16-11-27-30-20(16)29-17-8-9-32(21(33)19(17)22)18-12-28-31(3)13(18)2/h5-7,10-12,20,29H,4,8-9H2,1-3H3. The van der Waals surface area contributed by atoms with Crippen LogP contribution in [0.2, 0.25) is 0 Å². The monoisotopic (exact) mass is 456 g/mol. The number of nitrogens with one attached hydrogen (secondary N) is 1. The molecule has 10 heteroatoms. The number of anilines is 1. The van der Waals surface area contributed by atoms with E-state index in [1.165, 1.54) is 6.07 Å². The first kappa shape index (κ1) is 21.4. The van der Waals surface area contributed by atoms with E-state index in [0.29, 0.717) is 47.5 Å². The molecule has 4 heterocycles. The first-order valence-electron chi connectivity index (χ1n) is 10.8. The minimum absolute atomic E-state index is 0.245. The minimum atomic E-state index is -4.50. The van der Waals surface area contributed by atoms with Crippen molar-refractivity contribution in [1.82, 2.24) is 15.1 Å². The maximum atomic E-state index is 14.0. The summed E-state index contributed by atoms with van der Waals surface area (Å²) in [5, 5.41) is 15.9. The average molecular weight is 456 g/mol. The fraction of sp³-hybridized carbons (Fsp3) is 0.391. The highest BCUT2D eigenvalue weighted by Crippen LogP contribution is 2.52. The van der Waals surface area contributed by atoms with Crippen LogP contribution in [0.4, 0.5) is 18.9 Å². The highest BCUT2D eigenvalue weighted by atomic mass is 19.4. The number of benzene rings is 1. The van der Waals surface area contributed by atoms with Gasteiger partial charge in [-0.15, -0.1) is 0 Å². The summed E-state index contributed by atoms with van der Waals surface area (Å²) in [6.45, 7) is 4.20. The number of nitrogens with zero attached hydrogens (tertiary/aromatic N) is 5. The lowest BCUT2D eigenvalue weighted by Crippen LogP contribution is -2.54. The number of hydrogen-bond acceptors (Lipinski definition) is 5. The summed E-state index contributed by atoms with van der Waals surface area (Å²) in [5.41, 5.74) is 1.95. The summed E-state index contributed by atoms with van der Waals surface area (Å²) >= 11 is 0. The average Bonchev–Trinajstić information content (AvgIpc) is 3.39. The molecule has 2 aromatic rings. The Morgan fingerprint density at radius 1 is 1.30 bits per heavy atom. The number of azo groups is 1. The molecule has 33 heavy (non-hydrogen) atoms. The van der Waals surface area contributed by atoms with Crippen LogP contribution in [-0.4, -0.2) is 28.4 Å². The molecule has 3 aliphatic heterocycles. The third-order valence-electron chi connectivity index (χ3n) is 6.96. The smallest absolute Gasteiger partial charge is 0.362 e. The molecule has 1 aromatic heterocycles. The van der Waals surface area contributed by atoms with Gasteiger partial charge in [0.2, 0.25) is 0 Å². The van der Waals surface area contributed by atoms with Crippen LogP contribution in [0.25, 0.3) is 0 Å². The van der Waals surface area contributed by atoms with Crippen LogP contribution in [0.1, 0.15) is 36.6 Å². The van der Waals surface area contributed by atoms with Gasteiger partial charge in [0.05, 0.1) is 40.3 Å². The SMILES string of the molecule is CCC1(c2cccc(C(F)(F)F)c2)C2=CN=NC2NC2=C1C(=O)N(c1cnn(C)c1C)CC2. The molecule has 7 nitrogen and oxygen atoms in total. The van der Waals surface area contributed by atoms with E-state index >= 15 is 0 Å². The van der Waals surface area contributed by atoms with Crippen molar-refractivity contribution in [1.29, 1.82) is 0 Å². The Labute approximate surface area is 188 Å². The van der Waals surface area contributed by atoms with Crippen molar-refractivity contribution < 1.29 is 18.0 Å². The third kappa shape index (κ3) is 3.03. The molecule has 0 saturated heterocycles. The number of aromatic nitrogens is 2. The molecule has 1 N–H and O–H groups in total. The van der Waals surface area contributed by atoms with Gasteiger partial charge in [-0.3, -0.25) is 9.48 Å². The number of halogens is 3. The van der Waals surface area contributed by atoms with Gasteiger partial charge in [-0.1, -0.05) is 25.1 Å². The molecule has 0 aliphatic carbocycles. The van der Waals surface area contributed by atoms with Gasteiger partial charge < -0.3 is 10.2 Å². The molecule has 0 spiro atoms. The maximum absolute atomic E-state index is 14.0. The lowest BCUT2D eigenvalue weighted by Gasteiger charge is -2.47. The lowest BCUT2D eigenvalue weighted by atomic mass is 9.62. The van der Waals surface area contributed by atoms with Crippen molar-refractivity contribution in [2.75, 3.05) is 11.4 Å². The Morgan fingerprint density at radius 3 is 2.76 bits per heavy atom. The normalized spacial score (nSPS) is 24.5. The van der Waals surface area contributed by atoms with Crippen LogP contribution >= 0.6 is 0 Å². The van der Waals surface area contributed by atoms with Crippen molar-refractivity contribution in [2.24, 2.45) is 17.3 Å². The van der Waals surface area contributed by atoms with Crippen molar-refractivity contribution in [3.8, 4) is 0 Å². The van der Waals surface area contributed by atoms with Gasteiger partial charge in [0.1, 0.15) is 0 Å². The van der Waals surface area contributed by atoms with Gasteiger partial charge in [-0.05, 0) is 25.0 Å². The van der Waals surface area contributed by atoms with Crippen molar-refractivity contribution in [3.63, 3.8) is 0 Å². The fourth-order valence-electron chi connectivity index (χ4n) is 5.19. The first-order valence-corrected chi connectivity index (χ1v) is 10.8. The van der Waals surface area contributed by atoms with Gasteiger partial charge in [0, 0.05) is 31.3 Å². The van der Waals surface area contributed by atoms with Gasteiger partial charge in [0.15, 0.2) is 6.17 Å². The molecule has 0 fully saturated rings.